The lowest BCUT2D eigenvalue weighted by molar-refractivity contribution is 0.110. The Bertz CT molecular complexity index is 311. The summed E-state index contributed by atoms with van der Waals surface area (Å²) in [5.74, 6) is 0. The molecule has 0 fully saturated rings. The van der Waals surface area contributed by atoms with Gasteiger partial charge in [0.05, 0.1) is 0 Å². The molecule has 0 radical (unpaired) electrons. The summed E-state index contributed by atoms with van der Waals surface area (Å²) in [6.07, 6.45) is 1.21. The summed E-state index contributed by atoms with van der Waals surface area (Å²) in [6.45, 7) is 0. The SMILES string of the molecule is O=C(I)c1cc(C(=O)I)ncn1. The second-order valence-corrected chi connectivity index (χ2v) is 3.80. The quantitative estimate of drug-likeness (QED) is 0.571. The van der Waals surface area contributed by atoms with Crippen molar-refractivity contribution in [2.24, 2.45) is 0 Å². The van der Waals surface area contributed by atoms with Crippen molar-refractivity contribution in [3.8, 4) is 0 Å². The Kier molecular flexibility index (Phi) is 3.50. The number of hydrogen-bond donors (Lipinski definition) is 0. The largest absolute Gasteiger partial charge is 0.280 e. The van der Waals surface area contributed by atoms with Crippen molar-refractivity contribution in [1.82, 2.24) is 9.97 Å². The summed E-state index contributed by atoms with van der Waals surface area (Å²) in [5.41, 5.74) is 0.510. The van der Waals surface area contributed by atoms with E-state index in [9.17, 15) is 9.59 Å². The van der Waals surface area contributed by atoms with Crippen LogP contribution >= 0.6 is 45.2 Å². The molecule has 4 nitrogen and oxygen atoms in total. The van der Waals surface area contributed by atoms with Crippen LogP contribution in [0.25, 0.3) is 0 Å². The summed E-state index contributed by atoms with van der Waals surface area (Å²) >= 11 is 3.21. The number of rotatable bonds is 2. The zero-order valence-corrected chi connectivity index (χ0v) is 9.94. The van der Waals surface area contributed by atoms with Crippen molar-refractivity contribution in [2.45, 2.75) is 0 Å². The normalized spacial score (nSPS) is 9.50. The molecule has 0 atom stereocenters. The minimum Gasteiger partial charge on any atom is -0.280 e. The van der Waals surface area contributed by atoms with Gasteiger partial charge in [0.2, 0.25) is 7.58 Å². The number of hydrogen-bond acceptors (Lipinski definition) is 4. The fraction of sp³-hybridized carbons (Fsp3) is 0. The van der Waals surface area contributed by atoms with Gasteiger partial charge < -0.3 is 0 Å². The number of nitrogens with zero attached hydrogens (tertiary/aromatic N) is 2. The Morgan fingerprint density at radius 3 is 1.83 bits per heavy atom. The van der Waals surface area contributed by atoms with Gasteiger partial charge >= 0.3 is 0 Å². The molecule has 0 aliphatic heterocycles. The minimum absolute atomic E-state index is 0.200. The summed E-state index contributed by atoms with van der Waals surface area (Å²) in [5, 5.41) is 0. The highest BCUT2D eigenvalue weighted by atomic mass is 127. The van der Waals surface area contributed by atoms with Gasteiger partial charge in [-0.25, -0.2) is 9.97 Å². The van der Waals surface area contributed by atoms with Crippen LogP contribution in [0.2, 0.25) is 0 Å². The molecular weight excluding hydrogens is 386 g/mol. The molecule has 1 aromatic heterocycles. The lowest BCUT2D eigenvalue weighted by atomic mass is 10.3. The van der Waals surface area contributed by atoms with Gasteiger partial charge in [-0.05, 0) is 6.07 Å². The fourth-order valence-corrected chi connectivity index (χ4v) is 1.16. The van der Waals surface area contributed by atoms with Gasteiger partial charge in [0.1, 0.15) is 17.7 Å². The zero-order valence-electron chi connectivity index (χ0n) is 5.62. The van der Waals surface area contributed by atoms with Gasteiger partial charge in [-0.1, -0.05) is 0 Å². The average Bonchev–Trinajstić information content (AvgIpc) is 2.04. The highest BCUT2D eigenvalue weighted by Crippen LogP contribution is 2.06. The van der Waals surface area contributed by atoms with E-state index >= 15 is 0 Å². The Morgan fingerprint density at radius 1 is 1.08 bits per heavy atom. The standard InChI is InChI=1S/C6H2I2N2O2/c7-5(11)3-1-4(6(8)12)10-2-9-3/h1-2H. The number of halogens is 2. The van der Waals surface area contributed by atoms with Crippen LogP contribution in [0.3, 0.4) is 0 Å². The lowest BCUT2D eigenvalue weighted by Gasteiger charge is -1.93. The molecule has 62 valence electrons. The van der Waals surface area contributed by atoms with Crippen LogP contribution in [0.4, 0.5) is 0 Å². The van der Waals surface area contributed by atoms with E-state index in [2.05, 4.69) is 9.97 Å². The molecule has 1 rings (SSSR count). The predicted octanol–water partition coefficient (Wildman–Crippen LogP) is 1.63. The van der Waals surface area contributed by atoms with Crippen molar-refractivity contribution >= 4 is 52.8 Å². The van der Waals surface area contributed by atoms with Gasteiger partial charge in [-0.2, -0.15) is 0 Å². The summed E-state index contributed by atoms with van der Waals surface area (Å²) in [6, 6.07) is 1.38. The molecule has 0 saturated carbocycles. The molecule has 0 aliphatic rings. The van der Waals surface area contributed by atoms with Crippen molar-refractivity contribution in [3.63, 3.8) is 0 Å². The molecule has 0 N–H and O–H groups in total. The molecule has 0 amide bonds. The molecule has 1 heterocycles. The molecule has 6 heteroatoms. The number of carbonyl (C=O) groups is 2. The summed E-state index contributed by atoms with van der Waals surface area (Å²) in [7, 11) is 0. The van der Waals surface area contributed by atoms with Crippen LogP contribution in [0.15, 0.2) is 12.4 Å². The van der Waals surface area contributed by atoms with Crippen LogP contribution in [0, 0.1) is 0 Å². The molecule has 0 aliphatic carbocycles. The number of carbonyl (C=O) groups excluding carboxylic acids is 2. The predicted molar refractivity (Wildman–Crippen MR) is 58.7 cm³/mol. The second-order valence-electron chi connectivity index (χ2n) is 1.84. The van der Waals surface area contributed by atoms with E-state index in [0.717, 1.165) is 0 Å². The highest BCUT2D eigenvalue weighted by Gasteiger charge is 2.07. The number of aromatic nitrogens is 2. The first kappa shape index (κ1) is 9.96. The van der Waals surface area contributed by atoms with Crippen LogP contribution in [-0.2, 0) is 0 Å². The summed E-state index contributed by atoms with van der Waals surface area (Å²) in [4.78, 5) is 29.0. The molecule has 0 bridgehead atoms. The molecule has 12 heavy (non-hydrogen) atoms. The van der Waals surface area contributed by atoms with Crippen LogP contribution < -0.4 is 0 Å². The minimum atomic E-state index is -0.200. The van der Waals surface area contributed by atoms with E-state index in [1.165, 1.54) is 12.4 Å². The fourth-order valence-electron chi connectivity index (χ4n) is 0.572. The Labute approximate surface area is 95.4 Å². The van der Waals surface area contributed by atoms with E-state index in [4.69, 9.17) is 0 Å². The molecule has 1 aromatic rings. The van der Waals surface area contributed by atoms with Crippen molar-refractivity contribution in [3.05, 3.63) is 23.8 Å². The third-order valence-electron chi connectivity index (χ3n) is 1.07. The first-order chi connectivity index (χ1) is 5.61. The molecule has 0 unspecified atom stereocenters. The van der Waals surface area contributed by atoms with E-state index in [1.807, 2.05) is 0 Å². The Morgan fingerprint density at radius 2 is 1.50 bits per heavy atom. The van der Waals surface area contributed by atoms with Gasteiger partial charge in [0.15, 0.2) is 0 Å². The topological polar surface area (TPSA) is 59.9 Å². The average molecular weight is 388 g/mol. The lowest BCUT2D eigenvalue weighted by Crippen LogP contribution is -2.00. The monoisotopic (exact) mass is 388 g/mol. The molecule has 0 saturated heterocycles. The first-order valence-electron chi connectivity index (χ1n) is 2.83. The smallest absolute Gasteiger partial charge is 0.240 e. The van der Waals surface area contributed by atoms with Gasteiger partial charge in [0.25, 0.3) is 0 Å². The van der Waals surface area contributed by atoms with Crippen molar-refractivity contribution in [2.75, 3.05) is 0 Å². The van der Waals surface area contributed by atoms with E-state index in [0.29, 0.717) is 0 Å². The van der Waals surface area contributed by atoms with Crippen LogP contribution in [-0.4, -0.2) is 17.5 Å². The maximum Gasteiger partial charge on any atom is 0.240 e. The third kappa shape index (κ3) is 2.44. The van der Waals surface area contributed by atoms with Gasteiger partial charge in [0, 0.05) is 45.2 Å². The van der Waals surface area contributed by atoms with E-state index in [1.54, 1.807) is 45.2 Å². The van der Waals surface area contributed by atoms with Crippen molar-refractivity contribution in [1.29, 1.82) is 0 Å². The molecule has 0 spiro atoms. The maximum atomic E-state index is 10.8. The van der Waals surface area contributed by atoms with Gasteiger partial charge in [-0.3, -0.25) is 9.59 Å². The molecule has 0 aromatic carbocycles. The Balaban J connectivity index is 3.12. The van der Waals surface area contributed by atoms with Crippen LogP contribution in [0.5, 0.6) is 0 Å². The molecular formula is C6H2I2N2O2. The zero-order chi connectivity index (χ0) is 9.14. The van der Waals surface area contributed by atoms with E-state index in [-0.39, 0.29) is 19.0 Å². The second kappa shape index (κ2) is 4.21. The maximum absolute atomic E-state index is 10.8. The van der Waals surface area contributed by atoms with Crippen LogP contribution in [0.1, 0.15) is 21.0 Å². The van der Waals surface area contributed by atoms with Crippen molar-refractivity contribution < 1.29 is 9.59 Å². The van der Waals surface area contributed by atoms with Gasteiger partial charge in [-0.15, -0.1) is 0 Å². The first-order valence-corrected chi connectivity index (χ1v) is 4.98. The summed E-state index contributed by atoms with van der Waals surface area (Å²) < 4.78 is -0.400. The van der Waals surface area contributed by atoms with E-state index < -0.39 is 0 Å². The Hall–Kier alpha value is -0.120. The third-order valence-corrected chi connectivity index (χ3v) is 2.18. The highest BCUT2D eigenvalue weighted by molar-refractivity contribution is 14.1.